The Labute approximate surface area is 184 Å². The van der Waals surface area contributed by atoms with Crippen molar-refractivity contribution in [3.8, 4) is 10.7 Å². The normalized spacial score (nSPS) is 16.0. The smallest absolute Gasteiger partial charge is 0.233 e. The molecule has 0 fully saturated rings. The van der Waals surface area contributed by atoms with Crippen LogP contribution in [0.3, 0.4) is 0 Å². The van der Waals surface area contributed by atoms with E-state index in [9.17, 15) is 4.79 Å². The lowest BCUT2D eigenvalue weighted by Gasteiger charge is -2.19. The summed E-state index contributed by atoms with van der Waals surface area (Å²) in [4.78, 5) is 18.1. The molecule has 3 aromatic heterocycles. The molecule has 4 rings (SSSR count). The zero-order chi connectivity index (χ0) is 20.4. The van der Waals surface area contributed by atoms with Gasteiger partial charge in [-0.25, -0.2) is 0 Å². The molecule has 0 saturated heterocycles. The van der Waals surface area contributed by atoms with Crippen LogP contribution in [0.15, 0.2) is 28.7 Å². The maximum absolute atomic E-state index is 12.5. The SMILES string of the molecule is CCC1CCc2sc(-c3nnc(SCC(=O)N(C)Cc4cccs4)n3C)cc2C1. The zero-order valence-electron chi connectivity index (χ0n) is 17.1. The van der Waals surface area contributed by atoms with Crippen LogP contribution in [0.1, 0.15) is 35.1 Å². The van der Waals surface area contributed by atoms with E-state index >= 15 is 0 Å². The van der Waals surface area contributed by atoms with Crippen LogP contribution in [0.2, 0.25) is 0 Å². The van der Waals surface area contributed by atoms with E-state index in [1.54, 1.807) is 16.2 Å². The highest BCUT2D eigenvalue weighted by Gasteiger charge is 2.23. The van der Waals surface area contributed by atoms with Gasteiger partial charge in [-0.05, 0) is 48.3 Å². The Morgan fingerprint density at radius 3 is 3.03 bits per heavy atom. The first-order valence-electron chi connectivity index (χ1n) is 9.95. The second kappa shape index (κ2) is 9.02. The van der Waals surface area contributed by atoms with Crippen molar-refractivity contribution in [2.75, 3.05) is 12.8 Å². The number of carbonyl (C=O) groups is 1. The van der Waals surface area contributed by atoms with Crippen molar-refractivity contribution in [3.05, 3.63) is 38.9 Å². The highest BCUT2D eigenvalue weighted by Crippen LogP contribution is 2.38. The molecule has 154 valence electrons. The van der Waals surface area contributed by atoms with E-state index in [0.717, 1.165) is 16.9 Å². The molecule has 29 heavy (non-hydrogen) atoms. The molecular weight excluding hydrogens is 420 g/mol. The Kier molecular flexibility index (Phi) is 6.41. The highest BCUT2D eigenvalue weighted by atomic mass is 32.2. The van der Waals surface area contributed by atoms with Gasteiger partial charge in [0, 0.05) is 23.8 Å². The highest BCUT2D eigenvalue weighted by molar-refractivity contribution is 7.99. The Morgan fingerprint density at radius 2 is 2.28 bits per heavy atom. The molecule has 0 spiro atoms. The van der Waals surface area contributed by atoms with Crippen molar-refractivity contribution in [3.63, 3.8) is 0 Å². The van der Waals surface area contributed by atoms with E-state index in [2.05, 4.69) is 29.3 Å². The molecule has 0 radical (unpaired) electrons. The maximum Gasteiger partial charge on any atom is 0.233 e. The third kappa shape index (κ3) is 4.59. The molecule has 0 bridgehead atoms. The van der Waals surface area contributed by atoms with Crippen molar-refractivity contribution in [2.45, 2.75) is 44.3 Å². The number of carbonyl (C=O) groups excluding carboxylic acids is 1. The molecule has 8 heteroatoms. The lowest BCUT2D eigenvalue weighted by molar-refractivity contribution is -0.127. The van der Waals surface area contributed by atoms with Crippen LogP contribution in [0.4, 0.5) is 0 Å². The Morgan fingerprint density at radius 1 is 1.41 bits per heavy atom. The van der Waals surface area contributed by atoms with Crippen LogP contribution in [0, 0.1) is 5.92 Å². The first kappa shape index (κ1) is 20.6. The predicted octanol–water partition coefficient (Wildman–Crippen LogP) is 4.87. The van der Waals surface area contributed by atoms with Gasteiger partial charge < -0.3 is 9.47 Å². The molecular formula is C21H26N4OS3. The van der Waals surface area contributed by atoms with E-state index in [4.69, 9.17) is 0 Å². The number of aromatic nitrogens is 3. The third-order valence-electron chi connectivity index (χ3n) is 5.54. The van der Waals surface area contributed by atoms with E-state index < -0.39 is 0 Å². The molecule has 0 saturated carbocycles. The molecule has 1 aliphatic carbocycles. The van der Waals surface area contributed by atoms with Gasteiger partial charge in [-0.1, -0.05) is 31.2 Å². The summed E-state index contributed by atoms with van der Waals surface area (Å²) in [5.41, 5.74) is 1.49. The van der Waals surface area contributed by atoms with Crippen LogP contribution in [0.25, 0.3) is 10.7 Å². The average Bonchev–Trinajstić information content (AvgIpc) is 3.45. The van der Waals surface area contributed by atoms with Crippen LogP contribution in [0.5, 0.6) is 0 Å². The molecule has 0 aromatic carbocycles. The molecule has 1 unspecified atom stereocenters. The first-order chi connectivity index (χ1) is 14.0. The van der Waals surface area contributed by atoms with Gasteiger partial charge in [-0.15, -0.1) is 32.9 Å². The van der Waals surface area contributed by atoms with Crippen molar-refractivity contribution < 1.29 is 4.79 Å². The number of thiophene rings is 2. The van der Waals surface area contributed by atoms with Crippen LogP contribution in [-0.4, -0.2) is 38.4 Å². The molecule has 1 aliphatic rings. The summed E-state index contributed by atoms with van der Waals surface area (Å²) in [5.74, 6) is 2.18. The van der Waals surface area contributed by atoms with E-state index in [-0.39, 0.29) is 5.91 Å². The molecule has 3 heterocycles. The summed E-state index contributed by atoms with van der Waals surface area (Å²) >= 11 is 4.98. The third-order valence-corrected chi connectivity index (χ3v) is 8.64. The molecule has 5 nitrogen and oxygen atoms in total. The number of nitrogens with zero attached hydrogens (tertiary/aromatic N) is 4. The van der Waals surface area contributed by atoms with Crippen molar-refractivity contribution in [1.82, 2.24) is 19.7 Å². The number of hydrogen-bond donors (Lipinski definition) is 0. The first-order valence-corrected chi connectivity index (χ1v) is 12.6. The topological polar surface area (TPSA) is 51.0 Å². The number of thioether (sulfide) groups is 1. The van der Waals surface area contributed by atoms with Gasteiger partial charge in [-0.2, -0.15) is 0 Å². The minimum atomic E-state index is 0.102. The van der Waals surface area contributed by atoms with Crippen LogP contribution in [-0.2, 0) is 31.2 Å². The fraction of sp³-hybridized carbons (Fsp3) is 0.476. The van der Waals surface area contributed by atoms with Gasteiger partial charge in [0.25, 0.3) is 0 Å². The minimum absolute atomic E-state index is 0.102. The zero-order valence-corrected chi connectivity index (χ0v) is 19.5. The quantitative estimate of drug-likeness (QED) is 0.486. The number of hydrogen-bond acceptors (Lipinski definition) is 6. The lowest BCUT2D eigenvalue weighted by Crippen LogP contribution is -2.27. The summed E-state index contributed by atoms with van der Waals surface area (Å²) in [6.45, 7) is 2.94. The number of fused-ring (bicyclic) bond motifs is 1. The van der Waals surface area contributed by atoms with Gasteiger partial charge in [0.05, 0.1) is 17.2 Å². The largest absolute Gasteiger partial charge is 0.340 e. The van der Waals surface area contributed by atoms with E-state index in [1.807, 2.05) is 41.4 Å². The van der Waals surface area contributed by atoms with Crippen molar-refractivity contribution >= 4 is 40.3 Å². The molecule has 0 N–H and O–H groups in total. The molecule has 0 aliphatic heterocycles. The molecule has 3 aromatic rings. The van der Waals surface area contributed by atoms with Crippen LogP contribution < -0.4 is 0 Å². The second-order valence-electron chi connectivity index (χ2n) is 7.56. The Balaban J connectivity index is 1.40. The molecule has 1 atom stereocenters. The summed E-state index contributed by atoms with van der Waals surface area (Å²) in [7, 11) is 3.84. The molecule has 1 amide bonds. The average molecular weight is 447 g/mol. The fourth-order valence-electron chi connectivity index (χ4n) is 3.67. The van der Waals surface area contributed by atoms with E-state index in [1.165, 1.54) is 57.6 Å². The van der Waals surface area contributed by atoms with Gasteiger partial charge >= 0.3 is 0 Å². The lowest BCUT2D eigenvalue weighted by atomic mass is 9.87. The van der Waals surface area contributed by atoms with E-state index in [0.29, 0.717) is 12.3 Å². The van der Waals surface area contributed by atoms with Crippen molar-refractivity contribution in [2.24, 2.45) is 13.0 Å². The number of aryl methyl sites for hydroxylation is 1. The minimum Gasteiger partial charge on any atom is -0.340 e. The Bertz CT molecular complexity index is 976. The van der Waals surface area contributed by atoms with Gasteiger partial charge in [0.2, 0.25) is 5.91 Å². The number of amides is 1. The summed E-state index contributed by atoms with van der Waals surface area (Å²) < 4.78 is 2.02. The van der Waals surface area contributed by atoms with Crippen LogP contribution >= 0.6 is 34.4 Å². The monoisotopic (exact) mass is 446 g/mol. The summed E-state index contributed by atoms with van der Waals surface area (Å²) in [5, 5.41) is 11.6. The van der Waals surface area contributed by atoms with Gasteiger partial charge in [-0.3, -0.25) is 4.79 Å². The fourth-order valence-corrected chi connectivity index (χ4v) is 6.51. The van der Waals surface area contributed by atoms with Gasteiger partial charge in [0.15, 0.2) is 11.0 Å². The standard InChI is InChI=1S/C21H26N4OS3/c1-4-14-7-8-17-15(10-14)11-18(29-17)20-22-23-21(25(20)3)28-13-19(26)24(2)12-16-6-5-9-27-16/h5-6,9,11,14H,4,7-8,10,12-13H2,1-3H3. The Hall–Kier alpha value is -1.64. The van der Waals surface area contributed by atoms with Crippen molar-refractivity contribution in [1.29, 1.82) is 0 Å². The second-order valence-corrected chi connectivity index (χ2v) is 10.7. The van der Waals surface area contributed by atoms with Gasteiger partial charge in [0.1, 0.15) is 0 Å². The summed E-state index contributed by atoms with van der Waals surface area (Å²) in [6.07, 6.45) is 4.92. The predicted molar refractivity (Wildman–Crippen MR) is 122 cm³/mol. The number of rotatable bonds is 7. The maximum atomic E-state index is 12.5. The summed E-state index contributed by atoms with van der Waals surface area (Å²) in [6, 6.07) is 6.37.